The normalized spacial score (nSPS) is 22.7. The third kappa shape index (κ3) is 1.62. The lowest BCUT2D eigenvalue weighted by molar-refractivity contribution is 0.0433. The first-order valence-corrected chi connectivity index (χ1v) is 4.90. The van der Waals surface area contributed by atoms with Crippen molar-refractivity contribution < 1.29 is 19.7 Å². The first-order valence-electron chi connectivity index (χ1n) is 4.90. The Morgan fingerprint density at radius 3 is 2.81 bits per heavy atom. The van der Waals surface area contributed by atoms with Gasteiger partial charge in [-0.05, 0) is 11.6 Å². The molecule has 4 nitrogen and oxygen atoms in total. The van der Waals surface area contributed by atoms with Gasteiger partial charge in [-0.1, -0.05) is 24.3 Å². The fraction of sp³-hybridized carbons (Fsp3) is 0.250. The average molecular weight is 220 g/mol. The van der Waals surface area contributed by atoms with E-state index in [9.17, 15) is 15.0 Å². The van der Waals surface area contributed by atoms with Gasteiger partial charge in [0, 0.05) is 5.56 Å². The lowest BCUT2D eigenvalue weighted by Gasteiger charge is -2.23. The van der Waals surface area contributed by atoms with Crippen molar-refractivity contribution in [1.82, 2.24) is 0 Å². The van der Waals surface area contributed by atoms with Crippen LogP contribution < -0.4 is 0 Å². The molecule has 0 radical (unpaired) electrons. The van der Waals surface area contributed by atoms with Crippen LogP contribution in [0, 0.1) is 0 Å². The highest BCUT2D eigenvalue weighted by molar-refractivity contribution is 5.92. The topological polar surface area (TPSA) is 66.8 Å². The Hall–Kier alpha value is -1.65. The highest BCUT2D eigenvalue weighted by atomic mass is 16.5. The van der Waals surface area contributed by atoms with E-state index in [-0.39, 0.29) is 5.56 Å². The molecule has 0 fully saturated rings. The first kappa shape index (κ1) is 10.9. The minimum Gasteiger partial charge on any atom is -0.465 e. The third-order valence-corrected chi connectivity index (χ3v) is 2.64. The quantitative estimate of drug-likeness (QED) is 0.690. The van der Waals surface area contributed by atoms with Crippen molar-refractivity contribution in [3.8, 4) is 0 Å². The molecule has 1 aliphatic rings. The van der Waals surface area contributed by atoms with Gasteiger partial charge < -0.3 is 14.9 Å². The van der Waals surface area contributed by atoms with Gasteiger partial charge >= 0.3 is 5.97 Å². The van der Waals surface area contributed by atoms with Crippen LogP contribution >= 0.6 is 0 Å². The predicted octanol–water partition coefficient (Wildman–Crippen LogP) is 0.894. The van der Waals surface area contributed by atoms with Gasteiger partial charge in [-0.15, -0.1) is 0 Å². The van der Waals surface area contributed by atoms with Crippen LogP contribution in [-0.4, -0.2) is 29.4 Å². The molecule has 0 unspecified atom stereocenters. The predicted molar refractivity (Wildman–Crippen MR) is 57.8 cm³/mol. The fourth-order valence-corrected chi connectivity index (χ4v) is 1.82. The summed E-state index contributed by atoms with van der Waals surface area (Å²) in [6.07, 6.45) is 1.10. The largest absolute Gasteiger partial charge is 0.465 e. The van der Waals surface area contributed by atoms with Crippen LogP contribution in [0.4, 0.5) is 0 Å². The molecule has 0 aromatic heterocycles. The highest BCUT2D eigenvalue weighted by Crippen LogP contribution is 2.31. The molecular weight excluding hydrogens is 208 g/mol. The summed E-state index contributed by atoms with van der Waals surface area (Å²) in [6.45, 7) is 0. The van der Waals surface area contributed by atoms with E-state index >= 15 is 0 Å². The molecule has 0 saturated heterocycles. The molecule has 0 amide bonds. The van der Waals surface area contributed by atoms with Crippen LogP contribution in [-0.2, 0) is 4.74 Å². The van der Waals surface area contributed by atoms with E-state index in [1.54, 1.807) is 24.3 Å². The Balaban J connectivity index is 2.58. The Labute approximate surface area is 92.8 Å². The second-order valence-electron chi connectivity index (χ2n) is 3.59. The SMILES string of the molecule is COC(=O)c1cccc2c1[C@@H](O)[C@@H](O)C=C2. The van der Waals surface area contributed by atoms with Gasteiger partial charge in [0.05, 0.1) is 12.7 Å². The van der Waals surface area contributed by atoms with Crippen LogP contribution in [0.1, 0.15) is 27.6 Å². The summed E-state index contributed by atoms with van der Waals surface area (Å²) in [4.78, 5) is 11.5. The van der Waals surface area contributed by atoms with E-state index in [0.29, 0.717) is 5.56 Å². The van der Waals surface area contributed by atoms with Crippen molar-refractivity contribution in [3.63, 3.8) is 0 Å². The van der Waals surface area contributed by atoms with Crippen molar-refractivity contribution in [2.24, 2.45) is 0 Å². The molecule has 1 aromatic rings. The summed E-state index contributed by atoms with van der Waals surface area (Å²) < 4.78 is 4.63. The van der Waals surface area contributed by atoms with Crippen LogP contribution in [0.25, 0.3) is 6.08 Å². The number of hydrogen-bond donors (Lipinski definition) is 2. The van der Waals surface area contributed by atoms with Gasteiger partial charge in [-0.2, -0.15) is 0 Å². The van der Waals surface area contributed by atoms with Crippen molar-refractivity contribution in [1.29, 1.82) is 0 Å². The van der Waals surface area contributed by atoms with E-state index in [4.69, 9.17) is 0 Å². The monoisotopic (exact) mass is 220 g/mol. The maximum Gasteiger partial charge on any atom is 0.338 e. The van der Waals surface area contributed by atoms with Crippen molar-refractivity contribution in [3.05, 3.63) is 41.0 Å². The second kappa shape index (κ2) is 4.08. The van der Waals surface area contributed by atoms with Crippen LogP contribution in [0.5, 0.6) is 0 Å². The van der Waals surface area contributed by atoms with E-state index < -0.39 is 18.2 Å². The summed E-state index contributed by atoms with van der Waals surface area (Å²) in [5, 5.41) is 19.4. The molecule has 0 saturated carbocycles. The van der Waals surface area contributed by atoms with Crippen molar-refractivity contribution in [2.45, 2.75) is 12.2 Å². The molecule has 2 rings (SSSR count). The summed E-state index contributed by atoms with van der Waals surface area (Å²) in [7, 11) is 1.28. The standard InChI is InChI=1S/C12H12O4/c1-16-12(15)8-4-2-3-7-5-6-9(13)11(14)10(7)8/h2-6,9,11,13-14H,1H3/t9-,11-/m0/s1. The summed E-state index contributed by atoms with van der Waals surface area (Å²) in [6, 6.07) is 5.05. The number of hydrogen-bond acceptors (Lipinski definition) is 4. The molecule has 1 aliphatic carbocycles. The van der Waals surface area contributed by atoms with E-state index in [2.05, 4.69) is 4.74 Å². The minimum absolute atomic E-state index is 0.288. The van der Waals surface area contributed by atoms with Gasteiger partial charge in [-0.3, -0.25) is 0 Å². The summed E-state index contributed by atoms with van der Waals surface area (Å²) in [5.74, 6) is -0.515. The Kier molecular flexibility index (Phi) is 2.77. The van der Waals surface area contributed by atoms with Crippen LogP contribution in [0.3, 0.4) is 0 Å². The number of rotatable bonds is 1. The molecule has 2 atom stereocenters. The smallest absolute Gasteiger partial charge is 0.338 e. The molecule has 4 heteroatoms. The number of esters is 1. The number of carbonyl (C=O) groups excluding carboxylic acids is 1. The maximum absolute atomic E-state index is 11.5. The second-order valence-corrected chi connectivity index (χ2v) is 3.59. The lowest BCUT2D eigenvalue weighted by Crippen LogP contribution is -2.22. The number of carbonyl (C=O) groups is 1. The van der Waals surface area contributed by atoms with E-state index in [0.717, 1.165) is 5.56 Å². The Morgan fingerprint density at radius 2 is 2.12 bits per heavy atom. The fourth-order valence-electron chi connectivity index (χ4n) is 1.82. The molecule has 1 aromatic carbocycles. The molecule has 16 heavy (non-hydrogen) atoms. The van der Waals surface area contributed by atoms with E-state index in [1.165, 1.54) is 13.2 Å². The van der Waals surface area contributed by atoms with Crippen LogP contribution in [0.15, 0.2) is 24.3 Å². The molecule has 2 N–H and O–H groups in total. The number of ether oxygens (including phenoxy) is 1. The van der Waals surface area contributed by atoms with Gasteiger partial charge in [0.1, 0.15) is 12.2 Å². The first-order chi connectivity index (χ1) is 7.65. The number of aliphatic hydroxyl groups excluding tert-OH is 2. The molecule has 0 heterocycles. The zero-order valence-electron chi connectivity index (χ0n) is 8.75. The van der Waals surface area contributed by atoms with Crippen LogP contribution in [0.2, 0.25) is 0 Å². The highest BCUT2D eigenvalue weighted by Gasteiger charge is 2.27. The number of benzene rings is 1. The zero-order valence-corrected chi connectivity index (χ0v) is 8.75. The maximum atomic E-state index is 11.5. The molecule has 0 aliphatic heterocycles. The third-order valence-electron chi connectivity index (χ3n) is 2.64. The molecule has 84 valence electrons. The molecule has 0 bridgehead atoms. The van der Waals surface area contributed by atoms with E-state index in [1.807, 2.05) is 0 Å². The molecule has 0 spiro atoms. The van der Waals surface area contributed by atoms with Gasteiger partial charge in [0.15, 0.2) is 0 Å². The van der Waals surface area contributed by atoms with Gasteiger partial charge in [-0.25, -0.2) is 4.79 Å². The summed E-state index contributed by atoms with van der Waals surface area (Å²) in [5.41, 5.74) is 1.43. The summed E-state index contributed by atoms with van der Waals surface area (Å²) >= 11 is 0. The zero-order chi connectivity index (χ0) is 11.7. The average Bonchev–Trinajstić information content (AvgIpc) is 2.32. The molecular formula is C12H12O4. The lowest BCUT2D eigenvalue weighted by atomic mass is 9.89. The number of fused-ring (bicyclic) bond motifs is 1. The number of aliphatic hydroxyl groups is 2. The Morgan fingerprint density at radius 1 is 1.38 bits per heavy atom. The van der Waals surface area contributed by atoms with Gasteiger partial charge in [0.25, 0.3) is 0 Å². The van der Waals surface area contributed by atoms with Crippen molar-refractivity contribution in [2.75, 3.05) is 7.11 Å². The number of methoxy groups -OCH3 is 1. The van der Waals surface area contributed by atoms with Gasteiger partial charge in [0.2, 0.25) is 0 Å². The minimum atomic E-state index is -1.09. The Bertz CT molecular complexity index is 450. The van der Waals surface area contributed by atoms with Crippen molar-refractivity contribution >= 4 is 12.0 Å².